The zero-order chi connectivity index (χ0) is 15.7. The number of hydrogen-bond acceptors (Lipinski definition) is 4. The molecule has 1 amide bonds. The maximum Gasteiger partial charge on any atom is 0.415 e. The lowest BCUT2D eigenvalue weighted by atomic mass is 9.98. The Balaban J connectivity index is 1.73. The highest BCUT2D eigenvalue weighted by atomic mass is 32.1. The molecule has 0 atom stereocenters. The summed E-state index contributed by atoms with van der Waals surface area (Å²) >= 11 is 1.33. The Morgan fingerprint density at radius 2 is 2.23 bits per heavy atom. The minimum absolute atomic E-state index is 0.0697. The van der Waals surface area contributed by atoms with Crippen LogP contribution in [0.5, 0.6) is 0 Å². The van der Waals surface area contributed by atoms with Gasteiger partial charge in [-0.1, -0.05) is 24.3 Å². The quantitative estimate of drug-likeness (QED) is 0.791. The molecule has 0 saturated heterocycles. The second-order valence-corrected chi connectivity index (χ2v) is 5.98. The van der Waals surface area contributed by atoms with Crippen LogP contribution < -0.4 is 0 Å². The number of hydrogen-bond donors (Lipinski definition) is 0. The molecule has 0 aliphatic carbocycles. The SMILES string of the molecule is Cc1csc(COC(=O)N2CCc3ccccc3C2(F)F)n1. The van der Waals surface area contributed by atoms with E-state index < -0.39 is 12.1 Å². The lowest BCUT2D eigenvalue weighted by Crippen LogP contribution is -2.48. The second-order valence-electron chi connectivity index (χ2n) is 5.04. The summed E-state index contributed by atoms with van der Waals surface area (Å²) in [6, 6.07) is 2.90. The molecule has 0 bridgehead atoms. The van der Waals surface area contributed by atoms with Gasteiger partial charge >= 0.3 is 12.1 Å². The van der Waals surface area contributed by atoms with Crippen molar-refractivity contribution >= 4 is 17.4 Å². The van der Waals surface area contributed by atoms with E-state index in [0.29, 0.717) is 21.9 Å². The Kier molecular flexibility index (Phi) is 3.82. The van der Waals surface area contributed by atoms with Crippen molar-refractivity contribution in [2.24, 2.45) is 0 Å². The van der Waals surface area contributed by atoms with Crippen LogP contribution in [0.1, 0.15) is 21.8 Å². The average Bonchev–Trinajstić information content (AvgIpc) is 2.90. The molecule has 0 saturated carbocycles. The number of fused-ring (bicyclic) bond motifs is 1. The molecule has 0 radical (unpaired) electrons. The van der Waals surface area contributed by atoms with Crippen molar-refractivity contribution in [1.82, 2.24) is 9.88 Å². The van der Waals surface area contributed by atoms with Crippen molar-refractivity contribution in [2.45, 2.75) is 26.0 Å². The molecule has 7 heteroatoms. The number of alkyl halides is 2. The molecule has 0 fully saturated rings. The van der Waals surface area contributed by atoms with Crippen LogP contribution in [0, 0.1) is 6.92 Å². The number of carbonyl (C=O) groups excluding carboxylic acids is 1. The van der Waals surface area contributed by atoms with Crippen LogP contribution in [-0.4, -0.2) is 22.5 Å². The second kappa shape index (κ2) is 5.64. The molecular formula is C15H14F2N2O2S. The van der Waals surface area contributed by atoms with E-state index in [-0.39, 0.29) is 18.7 Å². The molecule has 2 aromatic rings. The van der Waals surface area contributed by atoms with Crippen LogP contribution in [0.2, 0.25) is 0 Å². The average molecular weight is 324 g/mol. The van der Waals surface area contributed by atoms with Crippen LogP contribution in [0.25, 0.3) is 0 Å². The predicted molar refractivity (Wildman–Crippen MR) is 77.8 cm³/mol. The minimum Gasteiger partial charge on any atom is -0.442 e. The Labute approximate surface area is 130 Å². The Bertz CT molecular complexity index is 702. The van der Waals surface area contributed by atoms with Gasteiger partial charge in [-0.15, -0.1) is 11.3 Å². The van der Waals surface area contributed by atoms with Crippen molar-refractivity contribution in [3.63, 3.8) is 0 Å². The van der Waals surface area contributed by atoms with E-state index in [1.807, 2.05) is 12.3 Å². The summed E-state index contributed by atoms with van der Waals surface area (Å²) < 4.78 is 33.9. The van der Waals surface area contributed by atoms with Crippen LogP contribution in [0.15, 0.2) is 29.6 Å². The summed E-state index contributed by atoms with van der Waals surface area (Å²) in [5, 5.41) is 2.40. The molecule has 0 N–H and O–H groups in total. The zero-order valence-corrected chi connectivity index (χ0v) is 12.7. The van der Waals surface area contributed by atoms with Gasteiger partial charge in [-0.2, -0.15) is 8.78 Å². The molecule has 1 aromatic heterocycles. The third-order valence-electron chi connectivity index (χ3n) is 3.49. The lowest BCUT2D eigenvalue weighted by molar-refractivity contribution is -0.146. The summed E-state index contributed by atoms with van der Waals surface area (Å²) in [7, 11) is 0. The highest BCUT2D eigenvalue weighted by Crippen LogP contribution is 2.38. The lowest BCUT2D eigenvalue weighted by Gasteiger charge is -2.35. The first kappa shape index (κ1) is 14.9. The monoisotopic (exact) mass is 324 g/mol. The van der Waals surface area contributed by atoms with E-state index in [0.717, 1.165) is 5.69 Å². The molecule has 22 heavy (non-hydrogen) atoms. The van der Waals surface area contributed by atoms with Gasteiger partial charge in [-0.05, 0) is 18.9 Å². The third kappa shape index (κ3) is 2.68. The number of ether oxygens (including phenoxy) is 1. The maximum atomic E-state index is 14.5. The van der Waals surface area contributed by atoms with Crippen molar-refractivity contribution in [3.8, 4) is 0 Å². The highest BCUT2D eigenvalue weighted by molar-refractivity contribution is 7.09. The van der Waals surface area contributed by atoms with Gasteiger partial charge in [0.1, 0.15) is 11.6 Å². The van der Waals surface area contributed by atoms with Crippen molar-refractivity contribution in [3.05, 3.63) is 51.5 Å². The molecule has 1 aromatic carbocycles. The fraction of sp³-hybridized carbons (Fsp3) is 0.333. The number of rotatable bonds is 2. The summed E-state index contributed by atoms with van der Waals surface area (Å²) in [6.45, 7) is 1.66. The van der Waals surface area contributed by atoms with E-state index in [1.54, 1.807) is 18.2 Å². The van der Waals surface area contributed by atoms with Gasteiger partial charge < -0.3 is 4.74 Å². The molecule has 116 valence electrons. The molecular weight excluding hydrogens is 310 g/mol. The van der Waals surface area contributed by atoms with Crippen LogP contribution >= 0.6 is 11.3 Å². The molecule has 1 aliphatic heterocycles. The summed E-state index contributed by atoms with van der Waals surface area (Å²) in [5.74, 6) is 0. The zero-order valence-electron chi connectivity index (χ0n) is 11.9. The molecule has 1 aliphatic rings. The normalized spacial score (nSPS) is 16.2. The predicted octanol–water partition coefficient (Wildman–Crippen LogP) is 3.70. The Morgan fingerprint density at radius 3 is 2.95 bits per heavy atom. The molecule has 0 spiro atoms. The number of nitrogens with zero attached hydrogens (tertiary/aromatic N) is 2. The van der Waals surface area contributed by atoms with E-state index in [1.165, 1.54) is 17.4 Å². The van der Waals surface area contributed by atoms with Crippen LogP contribution in [-0.2, 0) is 23.8 Å². The largest absolute Gasteiger partial charge is 0.442 e. The third-order valence-corrected chi connectivity index (χ3v) is 4.43. The molecule has 0 unspecified atom stereocenters. The van der Waals surface area contributed by atoms with Crippen molar-refractivity contribution in [1.29, 1.82) is 0 Å². The summed E-state index contributed by atoms with van der Waals surface area (Å²) in [6.07, 6.45) is -0.635. The number of carbonyl (C=O) groups is 1. The van der Waals surface area contributed by atoms with Gasteiger partial charge in [0, 0.05) is 23.2 Å². The number of aryl methyl sites for hydroxylation is 1. The topological polar surface area (TPSA) is 42.4 Å². The fourth-order valence-electron chi connectivity index (χ4n) is 2.43. The Morgan fingerprint density at radius 1 is 1.45 bits per heavy atom. The van der Waals surface area contributed by atoms with Gasteiger partial charge in [-0.3, -0.25) is 0 Å². The maximum absolute atomic E-state index is 14.5. The van der Waals surface area contributed by atoms with Gasteiger partial charge in [0.2, 0.25) is 0 Å². The first-order valence-electron chi connectivity index (χ1n) is 6.80. The number of halogens is 2. The number of benzene rings is 1. The summed E-state index contributed by atoms with van der Waals surface area (Å²) in [5.41, 5.74) is 1.24. The smallest absolute Gasteiger partial charge is 0.415 e. The van der Waals surface area contributed by atoms with Crippen LogP contribution in [0.3, 0.4) is 0 Å². The highest BCUT2D eigenvalue weighted by Gasteiger charge is 2.47. The van der Waals surface area contributed by atoms with Crippen LogP contribution in [0.4, 0.5) is 13.6 Å². The molecule has 4 nitrogen and oxygen atoms in total. The Hall–Kier alpha value is -2.02. The van der Waals surface area contributed by atoms with Gasteiger partial charge in [0.25, 0.3) is 0 Å². The number of amides is 1. The standard InChI is InChI=1S/C15H14F2N2O2S/c1-10-9-22-13(18-10)8-21-14(20)19-7-6-11-4-2-3-5-12(11)15(19,16)17/h2-5,9H,6-8H2,1H3. The van der Waals surface area contributed by atoms with Gasteiger partial charge in [0.15, 0.2) is 0 Å². The summed E-state index contributed by atoms with van der Waals surface area (Å²) in [4.78, 5) is 16.6. The first-order chi connectivity index (χ1) is 10.5. The first-order valence-corrected chi connectivity index (χ1v) is 7.68. The number of aromatic nitrogens is 1. The van der Waals surface area contributed by atoms with Gasteiger partial charge in [-0.25, -0.2) is 14.7 Å². The van der Waals surface area contributed by atoms with E-state index >= 15 is 0 Å². The molecule has 3 rings (SSSR count). The van der Waals surface area contributed by atoms with E-state index in [4.69, 9.17) is 4.74 Å². The van der Waals surface area contributed by atoms with Crippen molar-refractivity contribution in [2.75, 3.05) is 6.54 Å². The van der Waals surface area contributed by atoms with Gasteiger partial charge in [0.05, 0.1) is 0 Å². The fourth-order valence-corrected chi connectivity index (χ4v) is 3.11. The van der Waals surface area contributed by atoms with E-state index in [9.17, 15) is 13.6 Å². The van der Waals surface area contributed by atoms with Crippen molar-refractivity contribution < 1.29 is 18.3 Å². The van der Waals surface area contributed by atoms with E-state index in [2.05, 4.69) is 4.98 Å². The minimum atomic E-state index is -3.36. The molecule has 2 heterocycles. The number of thiazole rings is 1.